The fourth-order valence-electron chi connectivity index (χ4n) is 2.90. The molecule has 2 aromatic carbocycles. The quantitative estimate of drug-likeness (QED) is 0.793. The molecule has 0 fully saturated rings. The Hall–Kier alpha value is -1.02. The molecule has 0 aliphatic heterocycles. The van der Waals surface area contributed by atoms with Crippen molar-refractivity contribution in [3.63, 3.8) is 0 Å². The fourth-order valence-corrected chi connectivity index (χ4v) is 3.21. The summed E-state index contributed by atoms with van der Waals surface area (Å²) in [5.41, 5.74) is 9.98. The summed E-state index contributed by atoms with van der Waals surface area (Å²) in [6.07, 6.45) is 2.05. The summed E-state index contributed by atoms with van der Waals surface area (Å²) in [6, 6.07) is 14.5. The minimum absolute atomic E-state index is 0.148. The lowest BCUT2D eigenvalue weighted by Crippen LogP contribution is -2.20. The van der Waals surface area contributed by atoms with Crippen LogP contribution in [0.2, 0.25) is 10.0 Å². The zero-order valence-corrected chi connectivity index (χ0v) is 12.0. The number of hydrogen-bond donors (Lipinski definition) is 1. The first-order valence-corrected chi connectivity index (χ1v) is 7.22. The number of nitrogens with two attached hydrogens (primary N) is 1. The molecule has 0 unspecified atom stereocenters. The van der Waals surface area contributed by atoms with Crippen molar-refractivity contribution in [1.82, 2.24) is 0 Å². The predicted molar refractivity (Wildman–Crippen MR) is 80.9 cm³/mol. The molecule has 2 aromatic rings. The van der Waals surface area contributed by atoms with E-state index < -0.39 is 0 Å². The van der Waals surface area contributed by atoms with Crippen molar-refractivity contribution in [2.24, 2.45) is 5.73 Å². The van der Waals surface area contributed by atoms with Crippen LogP contribution in [0.15, 0.2) is 42.5 Å². The summed E-state index contributed by atoms with van der Waals surface area (Å²) in [5.74, 6) is 0.366. The van der Waals surface area contributed by atoms with Crippen LogP contribution in [-0.4, -0.2) is 0 Å². The van der Waals surface area contributed by atoms with Gasteiger partial charge in [0.05, 0.1) is 10.0 Å². The van der Waals surface area contributed by atoms with Crippen molar-refractivity contribution >= 4 is 23.2 Å². The first-order chi connectivity index (χ1) is 9.16. The van der Waals surface area contributed by atoms with E-state index in [1.54, 1.807) is 0 Å². The highest BCUT2D eigenvalue weighted by Crippen LogP contribution is 2.41. The molecule has 0 heterocycles. The Balaban J connectivity index is 2.07. The van der Waals surface area contributed by atoms with E-state index in [1.807, 2.05) is 12.1 Å². The van der Waals surface area contributed by atoms with Gasteiger partial charge in [0.15, 0.2) is 0 Å². The van der Waals surface area contributed by atoms with Crippen LogP contribution in [0.1, 0.15) is 41.5 Å². The van der Waals surface area contributed by atoms with Gasteiger partial charge in [-0.3, -0.25) is 0 Å². The number of fused-ring (bicyclic) bond motifs is 1. The Kier molecular flexibility index (Phi) is 3.53. The Labute approximate surface area is 123 Å². The molecule has 1 nitrogen and oxygen atoms in total. The van der Waals surface area contributed by atoms with Crippen LogP contribution in [-0.2, 0) is 0 Å². The van der Waals surface area contributed by atoms with Crippen LogP contribution in [0.25, 0.3) is 0 Å². The lowest BCUT2D eigenvalue weighted by atomic mass is 9.77. The van der Waals surface area contributed by atoms with Crippen molar-refractivity contribution < 1.29 is 0 Å². The molecule has 3 rings (SSSR count). The second kappa shape index (κ2) is 5.16. The summed E-state index contributed by atoms with van der Waals surface area (Å²) in [6.45, 7) is 0. The molecule has 0 radical (unpaired) electrons. The molecule has 0 amide bonds. The van der Waals surface area contributed by atoms with Gasteiger partial charge in [0.2, 0.25) is 0 Å². The standard InChI is InChI=1S/C16H15Cl2N/c17-14-7-5-10(9-15(14)18)11-6-8-16(19)13-4-2-1-3-12(11)13/h1-5,7,9,11,16H,6,8,19H2/t11-,16+/m0/s1. The topological polar surface area (TPSA) is 26.0 Å². The van der Waals surface area contributed by atoms with Gasteiger partial charge in [-0.05, 0) is 41.7 Å². The second-order valence-electron chi connectivity index (χ2n) is 5.04. The van der Waals surface area contributed by atoms with E-state index in [1.165, 1.54) is 16.7 Å². The number of hydrogen-bond acceptors (Lipinski definition) is 1. The van der Waals surface area contributed by atoms with Crippen LogP contribution in [0.4, 0.5) is 0 Å². The lowest BCUT2D eigenvalue weighted by molar-refractivity contribution is 0.530. The number of rotatable bonds is 1. The third-order valence-corrected chi connectivity index (χ3v) is 4.62. The first kappa shape index (κ1) is 13.0. The maximum absolute atomic E-state index is 6.19. The van der Waals surface area contributed by atoms with E-state index in [-0.39, 0.29) is 6.04 Å². The smallest absolute Gasteiger partial charge is 0.0595 e. The van der Waals surface area contributed by atoms with E-state index in [2.05, 4.69) is 30.3 Å². The minimum atomic E-state index is 0.148. The summed E-state index contributed by atoms with van der Waals surface area (Å²) in [7, 11) is 0. The molecule has 0 spiro atoms. The van der Waals surface area contributed by atoms with Crippen molar-refractivity contribution in [2.75, 3.05) is 0 Å². The van der Waals surface area contributed by atoms with Crippen molar-refractivity contribution in [3.05, 3.63) is 69.2 Å². The average Bonchev–Trinajstić information content (AvgIpc) is 2.43. The molecule has 1 aliphatic carbocycles. The van der Waals surface area contributed by atoms with E-state index in [9.17, 15) is 0 Å². The van der Waals surface area contributed by atoms with Crippen molar-refractivity contribution in [2.45, 2.75) is 24.8 Å². The van der Waals surface area contributed by atoms with Crippen LogP contribution in [0.3, 0.4) is 0 Å². The van der Waals surface area contributed by atoms with E-state index in [0.29, 0.717) is 16.0 Å². The summed E-state index contributed by atoms with van der Waals surface area (Å²) >= 11 is 12.1. The third kappa shape index (κ3) is 2.38. The maximum Gasteiger partial charge on any atom is 0.0595 e. The summed E-state index contributed by atoms with van der Waals surface area (Å²) in [4.78, 5) is 0. The van der Waals surface area contributed by atoms with E-state index in [4.69, 9.17) is 28.9 Å². The van der Waals surface area contributed by atoms with E-state index in [0.717, 1.165) is 12.8 Å². The molecule has 0 saturated carbocycles. The Morgan fingerprint density at radius 3 is 2.37 bits per heavy atom. The van der Waals surface area contributed by atoms with Gasteiger partial charge in [-0.2, -0.15) is 0 Å². The second-order valence-corrected chi connectivity index (χ2v) is 5.85. The molecule has 98 valence electrons. The van der Waals surface area contributed by atoms with Gasteiger partial charge in [-0.25, -0.2) is 0 Å². The molecule has 2 N–H and O–H groups in total. The normalized spacial score (nSPS) is 22.1. The molecule has 0 aromatic heterocycles. The van der Waals surface area contributed by atoms with Crippen LogP contribution in [0.5, 0.6) is 0 Å². The fraction of sp³-hybridized carbons (Fsp3) is 0.250. The molecule has 2 atom stereocenters. The van der Waals surface area contributed by atoms with Crippen molar-refractivity contribution in [1.29, 1.82) is 0 Å². The van der Waals surface area contributed by atoms with Gasteiger partial charge in [0, 0.05) is 12.0 Å². The van der Waals surface area contributed by atoms with Crippen LogP contribution >= 0.6 is 23.2 Å². The Bertz CT molecular complexity index is 609. The maximum atomic E-state index is 6.19. The Morgan fingerprint density at radius 2 is 1.63 bits per heavy atom. The summed E-state index contributed by atoms with van der Waals surface area (Å²) in [5, 5.41) is 1.22. The first-order valence-electron chi connectivity index (χ1n) is 6.46. The zero-order chi connectivity index (χ0) is 13.4. The SMILES string of the molecule is N[C@@H]1CC[C@@H](c2ccc(Cl)c(Cl)c2)c2ccccc21. The van der Waals surface area contributed by atoms with E-state index >= 15 is 0 Å². The molecule has 0 saturated heterocycles. The Morgan fingerprint density at radius 1 is 0.895 bits per heavy atom. The highest BCUT2D eigenvalue weighted by atomic mass is 35.5. The molecule has 0 bridgehead atoms. The largest absolute Gasteiger partial charge is 0.324 e. The monoisotopic (exact) mass is 291 g/mol. The van der Waals surface area contributed by atoms with Crippen molar-refractivity contribution in [3.8, 4) is 0 Å². The number of halogens is 2. The molecular weight excluding hydrogens is 277 g/mol. The van der Waals surface area contributed by atoms with Gasteiger partial charge in [-0.1, -0.05) is 53.5 Å². The predicted octanol–water partition coefficient (Wildman–Crippen LogP) is 4.92. The average molecular weight is 292 g/mol. The summed E-state index contributed by atoms with van der Waals surface area (Å²) < 4.78 is 0. The lowest BCUT2D eigenvalue weighted by Gasteiger charge is -2.30. The van der Waals surface area contributed by atoms with Crippen LogP contribution in [0, 0.1) is 0 Å². The van der Waals surface area contributed by atoms with Gasteiger partial charge in [-0.15, -0.1) is 0 Å². The molecule has 3 heteroatoms. The molecule has 1 aliphatic rings. The third-order valence-electron chi connectivity index (χ3n) is 3.88. The minimum Gasteiger partial charge on any atom is -0.324 e. The highest BCUT2D eigenvalue weighted by Gasteiger charge is 2.26. The van der Waals surface area contributed by atoms with Gasteiger partial charge in [0.25, 0.3) is 0 Å². The molecular formula is C16H15Cl2N. The van der Waals surface area contributed by atoms with Gasteiger partial charge >= 0.3 is 0 Å². The zero-order valence-electron chi connectivity index (χ0n) is 10.4. The number of benzene rings is 2. The highest BCUT2D eigenvalue weighted by molar-refractivity contribution is 6.42. The van der Waals surface area contributed by atoms with Gasteiger partial charge < -0.3 is 5.73 Å². The van der Waals surface area contributed by atoms with Gasteiger partial charge in [0.1, 0.15) is 0 Å². The molecule has 19 heavy (non-hydrogen) atoms. The van der Waals surface area contributed by atoms with Crippen LogP contribution < -0.4 is 5.73 Å².